The molecule has 0 aliphatic rings. The van der Waals surface area contributed by atoms with Gasteiger partial charge in [0.1, 0.15) is 0 Å². The smallest absolute Gasteiger partial charge is 0.323 e. The minimum Gasteiger partial charge on any atom is -0.342 e. The lowest BCUT2D eigenvalue weighted by atomic mass is 10.2. The van der Waals surface area contributed by atoms with Crippen molar-refractivity contribution in [2.45, 2.75) is 0 Å². The normalized spacial score (nSPS) is 10.7. The fraction of sp³-hybridized carbons (Fsp3) is 0.0714. The summed E-state index contributed by atoms with van der Waals surface area (Å²) in [6.45, 7) is -0.143. The molecule has 3 rings (SSSR count). The van der Waals surface area contributed by atoms with Gasteiger partial charge in [-0.15, -0.1) is 11.3 Å². The highest BCUT2D eigenvalue weighted by Gasteiger charge is 2.10. The molecule has 9 heteroatoms. The third-order valence-corrected chi connectivity index (χ3v) is 4.63. The molecule has 0 saturated heterocycles. The minimum atomic E-state index is -0.355. The Kier molecular flexibility index (Phi) is 4.30. The number of nitrogens with one attached hydrogen (secondary N) is 4. The number of amides is 2. The fourth-order valence-corrected chi connectivity index (χ4v) is 3.30. The number of carbonyl (C=O) groups excluding carboxylic acids is 2. The van der Waals surface area contributed by atoms with Gasteiger partial charge in [-0.25, -0.2) is 4.79 Å². The largest absolute Gasteiger partial charge is 0.342 e. The Hall–Kier alpha value is -2.39. The van der Waals surface area contributed by atoms with Crippen molar-refractivity contribution in [2.24, 2.45) is 0 Å². The van der Waals surface area contributed by atoms with Crippen molar-refractivity contribution < 1.29 is 9.59 Å². The topological polar surface area (TPSA) is 107 Å². The second kappa shape index (κ2) is 6.39. The highest BCUT2D eigenvalue weighted by molar-refractivity contribution is 9.11. The summed E-state index contributed by atoms with van der Waals surface area (Å²) in [6.07, 6.45) is 0. The van der Waals surface area contributed by atoms with Crippen LogP contribution in [0.25, 0.3) is 11.0 Å². The summed E-state index contributed by atoms with van der Waals surface area (Å²) < 4.78 is 0.848. The van der Waals surface area contributed by atoms with Crippen LogP contribution in [-0.4, -0.2) is 28.3 Å². The van der Waals surface area contributed by atoms with Gasteiger partial charge in [-0.1, -0.05) is 0 Å². The number of H-pyrrole nitrogens is 2. The monoisotopic (exact) mass is 394 g/mol. The molecule has 2 amide bonds. The van der Waals surface area contributed by atoms with Crippen LogP contribution in [0.3, 0.4) is 0 Å². The van der Waals surface area contributed by atoms with Crippen LogP contribution in [0.2, 0.25) is 0 Å². The van der Waals surface area contributed by atoms with E-state index in [1.165, 1.54) is 11.3 Å². The van der Waals surface area contributed by atoms with Crippen LogP contribution in [0.1, 0.15) is 9.67 Å². The summed E-state index contributed by atoms with van der Waals surface area (Å²) in [5.74, 6) is -0.660. The maximum Gasteiger partial charge on any atom is 0.323 e. The molecular formula is C14H11BrN4O3S. The summed E-state index contributed by atoms with van der Waals surface area (Å²) in [4.78, 5) is 40.7. The number of imidazole rings is 1. The van der Waals surface area contributed by atoms with Crippen LogP contribution in [-0.2, 0) is 4.79 Å². The molecule has 0 aliphatic heterocycles. The standard InChI is InChI=1S/C14H11BrN4O3S/c15-11-4-3-10(23-11)13(21)16-6-12(20)17-7-1-2-8-9(5-7)19-14(22)18-8/h1-5H,6H2,(H,16,21)(H,17,20)(H2,18,19,22). The molecule has 118 valence electrons. The number of fused-ring (bicyclic) bond motifs is 1. The lowest BCUT2D eigenvalue weighted by Crippen LogP contribution is -2.32. The van der Waals surface area contributed by atoms with Gasteiger partial charge in [0.05, 0.1) is 26.2 Å². The molecule has 23 heavy (non-hydrogen) atoms. The lowest BCUT2D eigenvalue weighted by molar-refractivity contribution is -0.115. The number of thiophene rings is 1. The second-order valence-corrected chi connectivity index (χ2v) is 7.14. The van der Waals surface area contributed by atoms with Gasteiger partial charge in [-0.05, 0) is 46.3 Å². The molecule has 2 aromatic heterocycles. The number of rotatable bonds is 4. The molecule has 0 spiro atoms. The first-order valence-corrected chi connectivity index (χ1v) is 8.17. The van der Waals surface area contributed by atoms with Crippen LogP contribution >= 0.6 is 27.3 Å². The lowest BCUT2D eigenvalue weighted by Gasteiger charge is -2.06. The summed E-state index contributed by atoms with van der Waals surface area (Å²) >= 11 is 4.57. The van der Waals surface area contributed by atoms with E-state index in [1.54, 1.807) is 30.3 Å². The molecule has 0 saturated carbocycles. The SMILES string of the molecule is O=C(CNC(=O)c1ccc(Br)s1)Nc1ccc2[nH]c(=O)[nH]c2c1. The zero-order chi connectivity index (χ0) is 16.4. The molecule has 1 aromatic carbocycles. The van der Waals surface area contributed by atoms with E-state index < -0.39 is 0 Å². The van der Waals surface area contributed by atoms with Crippen LogP contribution < -0.4 is 16.3 Å². The van der Waals surface area contributed by atoms with E-state index in [4.69, 9.17) is 0 Å². The first kappa shape index (κ1) is 15.5. The Labute approximate surface area is 142 Å². The molecule has 2 heterocycles. The van der Waals surface area contributed by atoms with Crippen molar-refractivity contribution in [3.8, 4) is 0 Å². The number of hydrogen-bond donors (Lipinski definition) is 4. The summed E-state index contributed by atoms with van der Waals surface area (Å²) in [7, 11) is 0. The molecule has 0 fully saturated rings. The molecular weight excluding hydrogens is 384 g/mol. The zero-order valence-electron chi connectivity index (χ0n) is 11.6. The van der Waals surface area contributed by atoms with Gasteiger partial charge < -0.3 is 20.6 Å². The average molecular weight is 395 g/mol. The number of hydrogen-bond acceptors (Lipinski definition) is 4. The van der Waals surface area contributed by atoms with Crippen LogP contribution in [0.5, 0.6) is 0 Å². The Morgan fingerprint density at radius 1 is 1.13 bits per heavy atom. The molecule has 0 atom stereocenters. The Morgan fingerprint density at radius 3 is 2.65 bits per heavy atom. The van der Waals surface area contributed by atoms with E-state index >= 15 is 0 Å². The van der Waals surface area contributed by atoms with Gasteiger partial charge >= 0.3 is 5.69 Å². The first-order valence-electron chi connectivity index (χ1n) is 6.57. The van der Waals surface area contributed by atoms with Gasteiger partial charge in [-0.3, -0.25) is 9.59 Å². The zero-order valence-corrected chi connectivity index (χ0v) is 14.0. The fourth-order valence-electron chi connectivity index (χ4n) is 2.00. The van der Waals surface area contributed by atoms with Crippen molar-refractivity contribution in [1.82, 2.24) is 15.3 Å². The Bertz CT molecular complexity index is 943. The highest BCUT2D eigenvalue weighted by Crippen LogP contribution is 2.21. The third kappa shape index (κ3) is 3.69. The molecule has 0 radical (unpaired) electrons. The third-order valence-electron chi connectivity index (χ3n) is 3.01. The predicted octanol–water partition coefficient (Wildman–Crippen LogP) is 2.05. The van der Waals surface area contributed by atoms with E-state index in [1.807, 2.05) is 0 Å². The van der Waals surface area contributed by atoms with E-state index in [2.05, 4.69) is 36.5 Å². The molecule has 4 N–H and O–H groups in total. The van der Waals surface area contributed by atoms with E-state index in [9.17, 15) is 14.4 Å². The van der Waals surface area contributed by atoms with Crippen LogP contribution in [0.15, 0.2) is 38.9 Å². The quantitative estimate of drug-likeness (QED) is 0.543. The van der Waals surface area contributed by atoms with Gasteiger partial charge in [0.25, 0.3) is 5.91 Å². The minimum absolute atomic E-state index is 0.143. The van der Waals surface area contributed by atoms with Crippen LogP contribution in [0, 0.1) is 0 Å². The summed E-state index contributed by atoms with van der Waals surface area (Å²) in [5, 5.41) is 5.21. The van der Waals surface area contributed by atoms with Crippen LogP contribution in [0.4, 0.5) is 5.69 Å². The number of aromatic nitrogens is 2. The van der Waals surface area contributed by atoms with E-state index in [-0.39, 0.29) is 24.0 Å². The van der Waals surface area contributed by atoms with Gasteiger partial charge in [-0.2, -0.15) is 0 Å². The van der Waals surface area contributed by atoms with E-state index in [0.29, 0.717) is 21.6 Å². The van der Waals surface area contributed by atoms with Gasteiger partial charge in [0, 0.05) is 5.69 Å². The maximum atomic E-state index is 11.9. The van der Waals surface area contributed by atoms with Gasteiger partial charge in [0.15, 0.2) is 0 Å². The maximum absolute atomic E-state index is 11.9. The molecule has 0 unspecified atom stereocenters. The van der Waals surface area contributed by atoms with Crippen molar-refractivity contribution in [3.63, 3.8) is 0 Å². The molecule has 3 aromatic rings. The highest BCUT2D eigenvalue weighted by atomic mass is 79.9. The Morgan fingerprint density at radius 2 is 1.91 bits per heavy atom. The average Bonchev–Trinajstić information content (AvgIpc) is 3.09. The van der Waals surface area contributed by atoms with Crippen molar-refractivity contribution in [2.75, 3.05) is 11.9 Å². The number of aromatic amines is 2. The first-order chi connectivity index (χ1) is 11.0. The molecule has 0 bridgehead atoms. The van der Waals surface area contributed by atoms with Gasteiger partial charge in [0.2, 0.25) is 5.91 Å². The predicted molar refractivity (Wildman–Crippen MR) is 91.9 cm³/mol. The second-order valence-electron chi connectivity index (χ2n) is 4.67. The van der Waals surface area contributed by atoms with Crippen molar-refractivity contribution >= 4 is 55.8 Å². The number of benzene rings is 1. The van der Waals surface area contributed by atoms with Crippen molar-refractivity contribution in [1.29, 1.82) is 0 Å². The number of carbonyl (C=O) groups is 2. The van der Waals surface area contributed by atoms with E-state index in [0.717, 1.165) is 3.79 Å². The molecule has 7 nitrogen and oxygen atoms in total. The Balaban J connectivity index is 1.59. The number of halogens is 1. The summed E-state index contributed by atoms with van der Waals surface area (Å²) in [5.41, 5.74) is 1.48. The summed E-state index contributed by atoms with van der Waals surface area (Å²) in [6, 6.07) is 8.45. The number of anilines is 1. The van der Waals surface area contributed by atoms with Crippen molar-refractivity contribution in [3.05, 3.63) is 49.5 Å². The molecule has 0 aliphatic carbocycles.